The summed E-state index contributed by atoms with van der Waals surface area (Å²) in [5, 5.41) is 5.77. The van der Waals surface area contributed by atoms with Gasteiger partial charge in [0.05, 0.1) is 6.04 Å². The van der Waals surface area contributed by atoms with Crippen LogP contribution in [0.1, 0.15) is 31.5 Å². The molecule has 2 unspecified atom stereocenters. The van der Waals surface area contributed by atoms with Gasteiger partial charge in [-0.3, -0.25) is 14.5 Å². The predicted molar refractivity (Wildman–Crippen MR) is 71.4 cm³/mol. The fraction of sp³-hybridized carbons (Fsp3) is 0.429. The molecule has 1 aromatic rings. The number of rotatable bonds is 2. The van der Waals surface area contributed by atoms with Crippen molar-refractivity contribution >= 4 is 17.5 Å². The summed E-state index contributed by atoms with van der Waals surface area (Å²) in [4.78, 5) is 25.0. The summed E-state index contributed by atoms with van der Waals surface area (Å²) in [5.41, 5.74) is 1.84. The number of nitrogens with one attached hydrogen (secondary N) is 2. The zero-order valence-corrected chi connectivity index (χ0v) is 10.8. The van der Waals surface area contributed by atoms with Crippen molar-refractivity contribution in [1.82, 2.24) is 10.2 Å². The van der Waals surface area contributed by atoms with Crippen LogP contribution in [-0.4, -0.2) is 29.3 Å². The number of anilines is 1. The van der Waals surface area contributed by atoms with Gasteiger partial charge in [-0.05, 0) is 30.5 Å². The molecular weight excluding hydrogens is 242 g/mol. The Kier molecular flexibility index (Phi) is 2.98. The van der Waals surface area contributed by atoms with Crippen molar-refractivity contribution < 1.29 is 9.59 Å². The highest BCUT2D eigenvalue weighted by Gasteiger charge is 2.42. The summed E-state index contributed by atoms with van der Waals surface area (Å²) in [5.74, 6) is 0.0509. The van der Waals surface area contributed by atoms with Gasteiger partial charge in [0.15, 0.2) is 0 Å². The fourth-order valence-electron chi connectivity index (χ4n) is 2.92. The first kappa shape index (κ1) is 12.2. The molecule has 2 aliphatic rings. The van der Waals surface area contributed by atoms with Gasteiger partial charge in [0.1, 0.15) is 6.17 Å². The third-order valence-corrected chi connectivity index (χ3v) is 3.75. The molecule has 2 fully saturated rings. The molecule has 1 aromatic carbocycles. The van der Waals surface area contributed by atoms with E-state index < -0.39 is 0 Å². The molecule has 2 atom stereocenters. The zero-order chi connectivity index (χ0) is 13.4. The lowest BCUT2D eigenvalue weighted by atomic mass is 10.1. The van der Waals surface area contributed by atoms with Crippen LogP contribution in [0.3, 0.4) is 0 Å². The van der Waals surface area contributed by atoms with E-state index in [-0.39, 0.29) is 24.0 Å². The highest BCUT2D eigenvalue weighted by molar-refractivity contribution is 5.88. The van der Waals surface area contributed by atoms with Gasteiger partial charge >= 0.3 is 0 Å². The summed E-state index contributed by atoms with van der Waals surface area (Å²) in [6, 6.07) is 7.69. The summed E-state index contributed by atoms with van der Waals surface area (Å²) in [7, 11) is 0. The second-order valence-corrected chi connectivity index (χ2v) is 5.11. The first-order valence-electron chi connectivity index (χ1n) is 6.59. The standard InChI is InChI=1S/C14H17N3O2/c1-9(18)15-11-6-4-10(5-7-11)13-16-14(19)12-3-2-8-17(12)13/h4-7,12-13H,2-3,8H2,1H3,(H,15,18)(H,16,19). The minimum absolute atomic E-state index is 0.0219. The topological polar surface area (TPSA) is 61.4 Å². The Morgan fingerprint density at radius 2 is 2.11 bits per heavy atom. The van der Waals surface area contributed by atoms with Gasteiger partial charge < -0.3 is 10.6 Å². The summed E-state index contributed by atoms with van der Waals surface area (Å²) in [6.45, 7) is 2.45. The number of hydrogen-bond acceptors (Lipinski definition) is 3. The van der Waals surface area contributed by atoms with E-state index in [9.17, 15) is 9.59 Å². The van der Waals surface area contributed by atoms with E-state index in [2.05, 4.69) is 15.5 Å². The molecule has 0 radical (unpaired) electrons. The van der Waals surface area contributed by atoms with E-state index in [1.165, 1.54) is 6.92 Å². The maximum absolute atomic E-state index is 11.8. The van der Waals surface area contributed by atoms with Crippen LogP contribution in [0.2, 0.25) is 0 Å². The van der Waals surface area contributed by atoms with Gasteiger partial charge in [0.25, 0.3) is 0 Å². The van der Waals surface area contributed by atoms with Crippen molar-refractivity contribution in [3.8, 4) is 0 Å². The predicted octanol–water partition coefficient (Wildman–Crippen LogP) is 1.24. The Balaban J connectivity index is 1.79. The van der Waals surface area contributed by atoms with Crippen molar-refractivity contribution in [3.63, 3.8) is 0 Å². The Bertz CT molecular complexity index is 512. The van der Waals surface area contributed by atoms with E-state index in [0.717, 1.165) is 30.6 Å². The van der Waals surface area contributed by atoms with Crippen LogP contribution in [0.15, 0.2) is 24.3 Å². The van der Waals surface area contributed by atoms with Gasteiger partial charge in [0, 0.05) is 19.2 Å². The molecule has 2 heterocycles. The average Bonchev–Trinajstić information content (AvgIpc) is 2.94. The molecule has 5 heteroatoms. The molecule has 2 aliphatic heterocycles. The molecule has 2 saturated heterocycles. The van der Waals surface area contributed by atoms with Gasteiger partial charge in [-0.15, -0.1) is 0 Å². The lowest BCUT2D eigenvalue weighted by molar-refractivity contribution is -0.121. The molecule has 5 nitrogen and oxygen atoms in total. The Labute approximate surface area is 112 Å². The summed E-state index contributed by atoms with van der Waals surface area (Å²) >= 11 is 0. The molecule has 0 aliphatic carbocycles. The van der Waals surface area contributed by atoms with Crippen molar-refractivity contribution in [1.29, 1.82) is 0 Å². The minimum Gasteiger partial charge on any atom is -0.335 e. The van der Waals surface area contributed by atoms with Crippen LogP contribution in [0.4, 0.5) is 5.69 Å². The molecule has 0 aromatic heterocycles. The second kappa shape index (κ2) is 4.66. The average molecular weight is 259 g/mol. The van der Waals surface area contributed by atoms with Crippen LogP contribution in [0.25, 0.3) is 0 Å². The molecule has 2 N–H and O–H groups in total. The molecule has 0 bridgehead atoms. The van der Waals surface area contributed by atoms with Crippen molar-refractivity contribution in [2.24, 2.45) is 0 Å². The van der Waals surface area contributed by atoms with Crippen LogP contribution in [-0.2, 0) is 9.59 Å². The Morgan fingerprint density at radius 3 is 2.79 bits per heavy atom. The number of fused-ring (bicyclic) bond motifs is 1. The lowest BCUT2D eigenvalue weighted by Crippen LogP contribution is -2.28. The smallest absolute Gasteiger partial charge is 0.238 e. The fourth-order valence-corrected chi connectivity index (χ4v) is 2.92. The number of carbonyl (C=O) groups is 2. The second-order valence-electron chi connectivity index (χ2n) is 5.11. The maximum atomic E-state index is 11.8. The van der Waals surface area contributed by atoms with Crippen molar-refractivity contribution in [3.05, 3.63) is 29.8 Å². The van der Waals surface area contributed by atoms with Crippen molar-refractivity contribution in [2.45, 2.75) is 32.0 Å². The van der Waals surface area contributed by atoms with E-state index in [1.54, 1.807) is 0 Å². The highest BCUT2D eigenvalue weighted by atomic mass is 16.2. The monoisotopic (exact) mass is 259 g/mol. The van der Waals surface area contributed by atoms with E-state index >= 15 is 0 Å². The molecule has 3 rings (SSSR count). The lowest BCUT2D eigenvalue weighted by Gasteiger charge is -2.22. The van der Waals surface area contributed by atoms with Crippen LogP contribution in [0, 0.1) is 0 Å². The van der Waals surface area contributed by atoms with Gasteiger partial charge in [-0.2, -0.15) is 0 Å². The van der Waals surface area contributed by atoms with Crippen LogP contribution in [0.5, 0.6) is 0 Å². The molecular formula is C14H17N3O2. The molecule has 0 spiro atoms. The first-order chi connectivity index (χ1) is 9.15. The number of carbonyl (C=O) groups excluding carboxylic acids is 2. The normalized spacial score (nSPS) is 26.1. The minimum atomic E-state index is -0.0819. The van der Waals surface area contributed by atoms with E-state index in [4.69, 9.17) is 0 Å². The third-order valence-electron chi connectivity index (χ3n) is 3.75. The van der Waals surface area contributed by atoms with Gasteiger partial charge in [0.2, 0.25) is 11.8 Å². The zero-order valence-electron chi connectivity index (χ0n) is 10.8. The van der Waals surface area contributed by atoms with Gasteiger partial charge in [-0.1, -0.05) is 12.1 Å². The summed E-state index contributed by atoms with van der Waals surface area (Å²) in [6.07, 6.45) is 2.01. The van der Waals surface area contributed by atoms with Crippen LogP contribution >= 0.6 is 0 Å². The SMILES string of the molecule is CC(=O)Nc1ccc(C2NC(=O)C3CCCN32)cc1. The maximum Gasteiger partial charge on any atom is 0.238 e. The number of amides is 2. The van der Waals surface area contributed by atoms with Crippen molar-refractivity contribution in [2.75, 3.05) is 11.9 Å². The van der Waals surface area contributed by atoms with Crippen LogP contribution < -0.4 is 10.6 Å². The Morgan fingerprint density at radius 1 is 1.37 bits per heavy atom. The van der Waals surface area contributed by atoms with E-state index in [0.29, 0.717) is 0 Å². The number of hydrogen-bond donors (Lipinski definition) is 2. The largest absolute Gasteiger partial charge is 0.335 e. The summed E-state index contributed by atoms with van der Waals surface area (Å²) < 4.78 is 0. The first-order valence-corrected chi connectivity index (χ1v) is 6.59. The molecule has 2 amide bonds. The molecule has 19 heavy (non-hydrogen) atoms. The van der Waals surface area contributed by atoms with Gasteiger partial charge in [-0.25, -0.2) is 0 Å². The molecule has 0 saturated carbocycles. The quantitative estimate of drug-likeness (QED) is 0.840. The number of nitrogens with zero attached hydrogens (tertiary/aromatic N) is 1. The molecule has 100 valence electrons. The highest BCUT2D eigenvalue weighted by Crippen LogP contribution is 2.33. The number of benzene rings is 1. The third kappa shape index (κ3) is 2.21. The van der Waals surface area contributed by atoms with E-state index in [1.807, 2.05) is 24.3 Å². The Hall–Kier alpha value is -1.88.